The predicted octanol–water partition coefficient (Wildman–Crippen LogP) is 0.983. The number of aliphatic hydroxyl groups is 1. The fraction of sp³-hybridized carbons (Fsp3) is 0.300. The molecule has 1 aromatic rings. The molecule has 0 saturated carbocycles. The van der Waals surface area contributed by atoms with Gasteiger partial charge in [0.15, 0.2) is 0 Å². The minimum absolute atomic E-state index is 0.224. The highest BCUT2D eigenvalue weighted by atomic mass is 16.3. The quantitative estimate of drug-likeness (QED) is 0.665. The molecule has 0 aliphatic heterocycles. The molecule has 2 N–H and O–H groups in total. The van der Waals surface area contributed by atoms with Gasteiger partial charge in [-0.2, -0.15) is 0 Å². The van der Waals surface area contributed by atoms with Crippen LogP contribution in [0.3, 0.4) is 0 Å². The molecule has 3 nitrogen and oxygen atoms in total. The minimum atomic E-state index is -0.327. The van der Waals surface area contributed by atoms with Gasteiger partial charge >= 0.3 is 0 Å². The smallest absolute Gasteiger partial charge is 0.253 e. The molecule has 0 unspecified atom stereocenters. The van der Waals surface area contributed by atoms with Gasteiger partial charge < -0.3 is 10.4 Å². The van der Waals surface area contributed by atoms with Gasteiger partial charge in [-0.1, -0.05) is 18.2 Å². The highest BCUT2D eigenvalue weighted by Crippen LogP contribution is 2.12. The maximum Gasteiger partial charge on any atom is 0.253 e. The number of amides is 1. The normalized spacial score (nSPS) is 9.77. The monoisotopic (exact) mass is 179 g/mol. The van der Waals surface area contributed by atoms with Crippen molar-refractivity contribution in [1.82, 2.24) is 5.32 Å². The third kappa shape index (κ3) is 2.06. The molecule has 0 atom stereocenters. The highest BCUT2D eigenvalue weighted by molar-refractivity contribution is 5.96. The average Bonchev–Trinajstić information content (AvgIpc) is 2.04. The Labute approximate surface area is 77.4 Å². The number of aliphatic hydroxyl groups excluding tert-OH is 1. The maximum absolute atomic E-state index is 11.4. The Bertz CT molecular complexity index is 300. The first-order valence-electron chi connectivity index (χ1n) is 4.12. The number of benzene rings is 1. The molecule has 0 radical (unpaired) electrons. The molecule has 0 spiro atoms. The standard InChI is InChI=1S/C10H13NO2/c1-7-4-3-5-8(2)9(7)10(13)11-6-12/h3-5,12H,6H2,1-2H3,(H,11,13). The molecule has 1 amide bonds. The predicted molar refractivity (Wildman–Crippen MR) is 50.5 cm³/mol. The van der Waals surface area contributed by atoms with Crippen molar-refractivity contribution in [3.05, 3.63) is 34.9 Å². The van der Waals surface area contributed by atoms with Crippen LogP contribution in [0.5, 0.6) is 0 Å². The van der Waals surface area contributed by atoms with Crippen LogP contribution in [0.2, 0.25) is 0 Å². The van der Waals surface area contributed by atoms with E-state index in [1.807, 2.05) is 32.0 Å². The number of hydrogen-bond donors (Lipinski definition) is 2. The second-order valence-corrected chi connectivity index (χ2v) is 2.93. The van der Waals surface area contributed by atoms with Crippen LogP contribution >= 0.6 is 0 Å². The van der Waals surface area contributed by atoms with E-state index in [1.54, 1.807) is 0 Å². The second-order valence-electron chi connectivity index (χ2n) is 2.93. The summed E-state index contributed by atoms with van der Waals surface area (Å²) in [4.78, 5) is 11.4. The largest absolute Gasteiger partial charge is 0.376 e. The van der Waals surface area contributed by atoms with E-state index in [4.69, 9.17) is 5.11 Å². The van der Waals surface area contributed by atoms with Crippen LogP contribution < -0.4 is 5.32 Å². The summed E-state index contributed by atoms with van der Waals surface area (Å²) in [5, 5.41) is 10.9. The number of nitrogens with one attached hydrogen (secondary N) is 1. The molecule has 3 heteroatoms. The van der Waals surface area contributed by atoms with E-state index in [9.17, 15) is 4.79 Å². The fourth-order valence-corrected chi connectivity index (χ4v) is 1.33. The summed E-state index contributed by atoms with van der Waals surface area (Å²) in [7, 11) is 0. The summed E-state index contributed by atoms with van der Waals surface area (Å²) in [5.74, 6) is -0.224. The number of aryl methyl sites for hydroxylation is 2. The third-order valence-electron chi connectivity index (χ3n) is 1.95. The number of carbonyl (C=O) groups excluding carboxylic acids is 1. The van der Waals surface area contributed by atoms with Crippen LogP contribution in [0.15, 0.2) is 18.2 Å². The van der Waals surface area contributed by atoms with E-state index in [0.717, 1.165) is 11.1 Å². The number of rotatable bonds is 2. The van der Waals surface area contributed by atoms with E-state index in [0.29, 0.717) is 5.56 Å². The van der Waals surface area contributed by atoms with Crippen molar-refractivity contribution in [3.63, 3.8) is 0 Å². The van der Waals surface area contributed by atoms with Crippen molar-refractivity contribution >= 4 is 5.91 Å². The summed E-state index contributed by atoms with van der Waals surface area (Å²) < 4.78 is 0. The van der Waals surface area contributed by atoms with Gasteiger partial charge in [-0.05, 0) is 25.0 Å². The van der Waals surface area contributed by atoms with E-state index in [-0.39, 0.29) is 12.6 Å². The molecule has 1 aromatic carbocycles. The third-order valence-corrected chi connectivity index (χ3v) is 1.95. The van der Waals surface area contributed by atoms with Gasteiger partial charge in [0.2, 0.25) is 0 Å². The Morgan fingerprint density at radius 2 is 1.92 bits per heavy atom. The minimum Gasteiger partial charge on any atom is -0.376 e. The van der Waals surface area contributed by atoms with Gasteiger partial charge in [-0.15, -0.1) is 0 Å². The van der Waals surface area contributed by atoms with Crippen LogP contribution in [-0.4, -0.2) is 17.7 Å². The lowest BCUT2D eigenvalue weighted by atomic mass is 10.0. The zero-order valence-corrected chi connectivity index (χ0v) is 7.79. The Morgan fingerprint density at radius 1 is 1.38 bits per heavy atom. The molecule has 0 heterocycles. The van der Waals surface area contributed by atoms with Gasteiger partial charge in [-0.3, -0.25) is 4.79 Å². The first kappa shape index (κ1) is 9.74. The lowest BCUT2D eigenvalue weighted by molar-refractivity contribution is 0.0909. The van der Waals surface area contributed by atoms with E-state index < -0.39 is 0 Å². The molecular weight excluding hydrogens is 166 g/mol. The van der Waals surface area contributed by atoms with Crippen molar-refractivity contribution in [1.29, 1.82) is 0 Å². The van der Waals surface area contributed by atoms with Crippen LogP contribution in [0.1, 0.15) is 21.5 Å². The van der Waals surface area contributed by atoms with Crippen molar-refractivity contribution < 1.29 is 9.90 Å². The van der Waals surface area contributed by atoms with E-state index in [1.165, 1.54) is 0 Å². The molecule has 13 heavy (non-hydrogen) atoms. The molecule has 0 aromatic heterocycles. The van der Waals surface area contributed by atoms with Crippen molar-refractivity contribution in [3.8, 4) is 0 Å². The topological polar surface area (TPSA) is 49.3 Å². The summed E-state index contributed by atoms with van der Waals surface area (Å²) >= 11 is 0. The summed E-state index contributed by atoms with van der Waals surface area (Å²) in [5.41, 5.74) is 2.49. The molecule has 0 fully saturated rings. The van der Waals surface area contributed by atoms with Gasteiger partial charge in [0.1, 0.15) is 6.73 Å². The first-order valence-corrected chi connectivity index (χ1v) is 4.12. The zero-order chi connectivity index (χ0) is 9.84. The van der Waals surface area contributed by atoms with E-state index >= 15 is 0 Å². The number of hydrogen-bond acceptors (Lipinski definition) is 2. The SMILES string of the molecule is Cc1cccc(C)c1C(=O)NCO. The average molecular weight is 179 g/mol. The Morgan fingerprint density at radius 3 is 2.38 bits per heavy atom. The zero-order valence-electron chi connectivity index (χ0n) is 7.79. The lowest BCUT2D eigenvalue weighted by Crippen LogP contribution is -2.25. The lowest BCUT2D eigenvalue weighted by Gasteiger charge is -2.08. The van der Waals surface area contributed by atoms with Crippen LogP contribution in [0, 0.1) is 13.8 Å². The second kappa shape index (κ2) is 4.05. The Balaban J connectivity index is 3.05. The first-order chi connectivity index (χ1) is 6.16. The summed E-state index contributed by atoms with van der Waals surface area (Å²) in [6.45, 7) is 3.42. The molecule has 1 rings (SSSR count). The Hall–Kier alpha value is -1.35. The van der Waals surface area contributed by atoms with Gasteiger partial charge in [-0.25, -0.2) is 0 Å². The van der Waals surface area contributed by atoms with Crippen molar-refractivity contribution in [2.24, 2.45) is 0 Å². The van der Waals surface area contributed by atoms with Crippen LogP contribution in [0.4, 0.5) is 0 Å². The molecule has 0 aliphatic carbocycles. The fourth-order valence-electron chi connectivity index (χ4n) is 1.33. The van der Waals surface area contributed by atoms with Gasteiger partial charge in [0, 0.05) is 5.56 Å². The van der Waals surface area contributed by atoms with Crippen LogP contribution in [0.25, 0.3) is 0 Å². The van der Waals surface area contributed by atoms with E-state index in [2.05, 4.69) is 5.32 Å². The van der Waals surface area contributed by atoms with Crippen LogP contribution in [-0.2, 0) is 0 Å². The molecule has 0 saturated heterocycles. The van der Waals surface area contributed by atoms with Gasteiger partial charge in [0.05, 0.1) is 0 Å². The molecule has 0 aliphatic rings. The summed E-state index contributed by atoms with van der Waals surface area (Å²) in [6.07, 6.45) is 0. The van der Waals surface area contributed by atoms with Gasteiger partial charge in [0.25, 0.3) is 5.91 Å². The summed E-state index contributed by atoms with van der Waals surface area (Å²) in [6, 6.07) is 5.65. The molecule has 0 bridgehead atoms. The van der Waals surface area contributed by atoms with Crippen molar-refractivity contribution in [2.45, 2.75) is 13.8 Å². The number of carbonyl (C=O) groups is 1. The highest BCUT2D eigenvalue weighted by Gasteiger charge is 2.09. The maximum atomic E-state index is 11.4. The molecular formula is C10H13NO2. The Kier molecular flexibility index (Phi) is 3.03. The van der Waals surface area contributed by atoms with Crippen molar-refractivity contribution in [2.75, 3.05) is 6.73 Å². The molecule has 70 valence electrons.